The zero-order valence-corrected chi connectivity index (χ0v) is 19.6. The molecule has 36 heavy (non-hydrogen) atoms. The van der Waals surface area contributed by atoms with Gasteiger partial charge in [0.15, 0.2) is 0 Å². The Hall–Kier alpha value is -4.22. The average Bonchev–Trinajstić information content (AvgIpc) is 3.54. The highest BCUT2D eigenvalue weighted by atomic mass is 19.1. The van der Waals surface area contributed by atoms with Gasteiger partial charge in [0.2, 0.25) is 11.6 Å². The largest absolute Gasteiger partial charge is 0.468 e. The number of amides is 1. The number of azo groups is 1. The summed E-state index contributed by atoms with van der Waals surface area (Å²) in [4.78, 5) is 23.1. The lowest BCUT2D eigenvalue weighted by molar-refractivity contribution is -0.152. The van der Waals surface area contributed by atoms with Gasteiger partial charge >= 0.3 is 0 Å². The number of H-pyrrole nitrogens is 1. The van der Waals surface area contributed by atoms with Gasteiger partial charge in [-0.3, -0.25) is 9.89 Å². The summed E-state index contributed by atoms with van der Waals surface area (Å²) in [7, 11) is 0. The first-order valence-electron chi connectivity index (χ1n) is 11.8. The smallest absolute Gasteiger partial charge is 0.266 e. The maximum Gasteiger partial charge on any atom is 0.266 e. The van der Waals surface area contributed by atoms with E-state index in [1.54, 1.807) is 12.4 Å². The highest BCUT2D eigenvalue weighted by Gasteiger charge is 2.48. The number of rotatable bonds is 5. The van der Waals surface area contributed by atoms with Crippen LogP contribution in [0.2, 0.25) is 0 Å². The van der Waals surface area contributed by atoms with Gasteiger partial charge in [0.25, 0.3) is 12.1 Å². The number of nitrogens with zero attached hydrogens (tertiary/aromatic N) is 7. The van der Waals surface area contributed by atoms with E-state index in [-0.39, 0.29) is 12.6 Å². The molecular weight excluding hydrogens is 465 g/mol. The molecule has 0 fully saturated rings. The minimum absolute atomic E-state index is 0.180. The van der Waals surface area contributed by atoms with E-state index >= 15 is 4.39 Å². The standard InChI is InChI=1S/C24H24FN9O2/c1-24(25,22(35)34-7-6-18-19(12-34)31-33-30-18)21-32-29-20(13-36-21)16-10-26-23(27-11-16)28-17-8-14-4-2-3-5-15(14)9-17/h2-5,10-11,13,17,21H,6-9,12H2,1H3,(H,26,27,28)(H,30,31,33)/t21?,24-/m0/s1. The normalized spacial score (nSPS) is 20.7. The van der Waals surface area contributed by atoms with Gasteiger partial charge in [-0.25, -0.2) is 14.4 Å². The fourth-order valence-corrected chi connectivity index (χ4v) is 4.73. The van der Waals surface area contributed by atoms with Gasteiger partial charge in [-0.05, 0) is 30.9 Å². The predicted octanol–water partition coefficient (Wildman–Crippen LogP) is 2.59. The third-order valence-corrected chi connectivity index (χ3v) is 6.76. The molecule has 3 aromatic rings. The molecule has 2 atom stereocenters. The number of anilines is 1. The van der Waals surface area contributed by atoms with Gasteiger partial charge in [-0.15, -0.1) is 15.3 Å². The minimum atomic E-state index is -2.41. The van der Waals surface area contributed by atoms with Crippen LogP contribution in [0.15, 0.2) is 53.1 Å². The Kier molecular flexibility index (Phi) is 5.42. The molecule has 2 aromatic heterocycles. The van der Waals surface area contributed by atoms with Crippen LogP contribution in [0.25, 0.3) is 5.70 Å². The van der Waals surface area contributed by atoms with Crippen molar-refractivity contribution in [2.24, 2.45) is 10.2 Å². The number of carbonyl (C=O) groups excluding carboxylic acids is 1. The van der Waals surface area contributed by atoms with Crippen molar-refractivity contribution in [1.29, 1.82) is 0 Å². The number of aromatic amines is 1. The molecule has 0 radical (unpaired) electrons. The van der Waals surface area contributed by atoms with Crippen molar-refractivity contribution in [3.8, 4) is 0 Å². The second kappa shape index (κ2) is 8.77. The molecular formula is C24H24FN9O2. The number of hydrogen-bond donors (Lipinski definition) is 2. The number of carbonyl (C=O) groups is 1. The average molecular weight is 490 g/mol. The van der Waals surface area contributed by atoms with Gasteiger partial charge in [0, 0.05) is 37.0 Å². The second-order valence-corrected chi connectivity index (χ2v) is 9.31. The maximum absolute atomic E-state index is 15.6. The third kappa shape index (κ3) is 4.08. The molecule has 12 heteroatoms. The third-order valence-electron chi connectivity index (χ3n) is 6.76. The number of nitrogens with one attached hydrogen (secondary N) is 2. The van der Waals surface area contributed by atoms with Crippen LogP contribution < -0.4 is 5.32 Å². The van der Waals surface area contributed by atoms with Gasteiger partial charge < -0.3 is 15.0 Å². The second-order valence-electron chi connectivity index (χ2n) is 9.31. The molecule has 1 aromatic carbocycles. The lowest BCUT2D eigenvalue weighted by Gasteiger charge is -2.33. The Morgan fingerprint density at radius 1 is 1.22 bits per heavy atom. The fraction of sp³-hybridized carbons (Fsp3) is 0.375. The van der Waals surface area contributed by atoms with E-state index in [2.05, 4.69) is 53.1 Å². The monoisotopic (exact) mass is 489 g/mol. The molecule has 0 spiro atoms. The molecule has 0 saturated heterocycles. The quantitative estimate of drug-likeness (QED) is 0.563. The van der Waals surface area contributed by atoms with E-state index < -0.39 is 17.8 Å². The zero-order valence-electron chi connectivity index (χ0n) is 19.6. The van der Waals surface area contributed by atoms with Crippen molar-refractivity contribution in [3.63, 3.8) is 0 Å². The number of aromatic nitrogens is 5. The van der Waals surface area contributed by atoms with E-state index in [1.807, 2.05) is 12.1 Å². The summed E-state index contributed by atoms with van der Waals surface area (Å²) in [6.45, 7) is 1.69. The summed E-state index contributed by atoms with van der Waals surface area (Å²) in [5.41, 5.74) is 2.68. The first-order valence-corrected chi connectivity index (χ1v) is 11.8. The molecule has 184 valence electrons. The van der Waals surface area contributed by atoms with E-state index in [9.17, 15) is 4.79 Å². The van der Waals surface area contributed by atoms with Crippen molar-refractivity contribution in [2.45, 2.75) is 50.7 Å². The van der Waals surface area contributed by atoms with Crippen molar-refractivity contribution in [3.05, 3.63) is 71.0 Å². The SMILES string of the molecule is C[C@@](F)(C(=O)N1CCc2[nH]nnc2C1)C1N=NC(c2cnc(NC3Cc4ccccc4C3)nc2)=CO1. The fourth-order valence-electron chi connectivity index (χ4n) is 4.73. The van der Waals surface area contributed by atoms with E-state index in [0.29, 0.717) is 35.9 Å². The summed E-state index contributed by atoms with van der Waals surface area (Å²) in [6.07, 6.45) is 5.47. The highest BCUT2D eigenvalue weighted by Crippen LogP contribution is 2.31. The van der Waals surface area contributed by atoms with E-state index in [1.165, 1.54) is 22.3 Å². The Morgan fingerprint density at radius 3 is 2.67 bits per heavy atom. The molecule has 2 aliphatic heterocycles. The Labute approximate surface area is 205 Å². The molecule has 4 heterocycles. The number of ether oxygens (including phenoxy) is 1. The summed E-state index contributed by atoms with van der Waals surface area (Å²) in [5.74, 6) is -0.216. The molecule has 11 nitrogen and oxygen atoms in total. The van der Waals surface area contributed by atoms with Crippen LogP contribution in [0.4, 0.5) is 10.3 Å². The predicted molar refractivity (Wildman–Crippen MR) is 126 cm³/mol. The van der Waals surface area contributed by atoms with Crippen LogP contribution in [-0.4, -0.2) is 60.7 Å². The number of fused-ring (bicyclic) bond motifs is 2. The maximum atomic E-state index is 15.6. The first-order chi connectivity index (χ1) is 17.5. The van der Waals surface area contributed by atoms with Crippen LogP contribution >= 0.6 is 0 Å². The van der Waals surface area contributed by atoms with Crippen LogP contribution in [0, 0.1) is 0 Å². The lowest BCUT2D eigenvalue weighted by atomic mass is 10.0. The van der Waals surface area contributed by atoms with Gasteiger partial charge in [0.05, 0.1) is 12.2 Å². The van der Waals surface area contributed by atoms with Crippen LogP contribution in [0.1, 0.15) is 35.0 Å². The Balaban J connectivity index is 1.07. The summed E-state index contributed by atoms with van der Waals surface area (Å²) >= 11 is 0. The molecule has 1 unspecified atom stereocenters. The van der Waals surface area contributed by atoms with Crippen LogP contribution in [0.5, 0.6) is 0 Å². The van der Waals surface area contributed by atoms with Crippen LogP contribution in [0.3, 0.4) is 0 Å². The van der Waals surface area contributed by atoms with Crippen molar-refractivity contribution >= 4 is 17.6 Å². The highest BCUT2D eigenvalue weighted by molar-refractivity contribution is 5.85. The van der Waals surface area contributed by atoms with E-state index in [0.717, 1.165) is 25.5 Å². The summed E-state index contributed by atoms with van der Waals surface area (Å²) in [6, 6.07) is 8.62. The molecule has 3 aliphatic rings. The first kappa shape index (κ1) is 22.3. The van der Waals surface area contributed by atoms with Gasteiger partial charge in [-0.2, -0.15) is 0 Å². The Morgan fingerprint density at radius 2 is 1.97 bits per heavy atom. The molecule has 6 rings (SSSR count). The number of halogens is 1. The summed E-state index contributed by atoms with van der Waals surface area (Å²) in [5, 5.41) is 21.9. The van der Waals surface area contributed by atoms with Crippen LogP contribution in [-0.2, 0) is 35.3 Å². The Bertz CT molecular complexity index is 1330. The molecule has 0 bridgehead atoms. The molecule has 1 aliphatic carbocycles. The molecule has 0 saturated carbocycles. The lowest BCUT2D eigenvalue weighted by Crippen LogP contribution is -2.52. The number of alkyl halides is 1. The molecule has 2 N–H and O–H groups in total. The molecule has 1 amide bonds. The minimum Gasteiger partial charge on any atom is -0.468 e. The topological polar surface area (TPSA) is 134 Å². The van der Waals surface area contributed by atoms with Crippen molar-refractivity contribution in [1.82, 2.24) is 30.3 Å². The van der Waals surface area contributed by atoms with Gasteiger partial charge in [-0.1, -0.05) is 29.5 Å². The van der Waals surface area contributed by atoms with E-state index in [4.69, 9.17) is 4.74 Å². The zero-order chi connectivity index (χ0) is 24.7. The number of benzene rings is 1. The van der Waals surface area contributed by atoms with Crippen molar-refractivity contribution in [2.75, 3.05) is 11.9 Å². The summed E-state index contributed by atoms with van der Waals surface area (Å²) < 4.78 is 21.1. The number of hydrogen-bond acceptors (Lipinski definition) is 9. The van der Waals surface area contributed by atoms with Crippen molar-refractivity contribution < 1.29 is 13.9 Å². The van der Waals surface area contributed by atoms with Gasteiger partial charge in [0.1, 0.15) is 17.7 Å².